The fourth-order valence-electron chi connectivity index (χ4n) is 2.64. The van der Waals surface area contributed by atoms with Crippen molar-refractivity contribution in [2.24, 2.45) is 0 Å². The lowest BCUT2D eigenvalue weighted by Crippen LogP contribution is -2.62. The van der Waals surface area contributed by atoms with Gasteiger partial charge in [-0.2, -0.15) is 0 Å². The normalized spacial score (nSPS) is 28.3. The summed E-state index contributed by atoms with van der Waals surface area (Å²) >= 11 is 0. The van der Waals surface area contributed by atoms with E-state index in [4.69, 9.17) is 32.7 Å². The van der Waals surface area contributed by atoms with E-state index in [1.807, 2.05) is 0 Å². The average molecular weight is 412 g/mol. The van der Waals surface area contributed by atoms with E-state index in [1.54, 1.807) is 0 Å². The van der Waals surface area contributed by atoms with Crippen LogP contribution >= 0.6 is 7.60 Å². The minimum Gasteiger partial charge on any atom is -0.456 e. The van der Waals surface area contributed by atoms with Crippen LogP contribution in [0.25, 0.3) is 0 Å². The Morgan fingerprint density at radius 1 is 0.815 bits per heavy atom. The summed E-state index contributed by atoms with van der Waals surface area (Å²) in [5, 5.41) is 0. The molecule has 5 atom stereocenters. The van der Waals surface area contributed by atoms with Crippen LogP contribution in [-0.4, -0.2) is 76.1 Å². The molecule has 1 aliphatic rings. The summed E-state index contributed by atoms with van der Waals surface area (Å²) in [5.41, 5.74) is 0. The van der Waals surface area contributed by atoms with Crippen LogP contribution in [0.2, 0.25) is 0 Å². The van der Waals surface area contributed by atoms with Crippen LogP contribution in [0.3, 0.4) is 0 Å². The molecule has 1 fully saturated rings. The molecule has 0 aromatic carbocycles. The number of carbonyl (C=O) groups excluding carboxylic acids is 3. The van der Waals surface area contributed by atoms with E-state index in [9.17, 15) is 18.9 Å². The highest BCUT2D eigenvalue weighted by Gasteiger charge is 2.53. The zero-order chi connectivity index (χ0) is 20.8. The Bertz CT molecular complexity index is 584. The van der Waals surface area contributed by atoms with Crippen LogP contribution < -0.4 is 0 Å². The van der Waals surface area contributed by atoms with Crippen LogP contribution in [0.5, 0.6) is 0 Å². The second kappa shape index (κ2) is 10.1. The molecular weight excluding hydrogens is 387 g/mol. The monoisotopic (exact) mass is 412 g/mol. The first-order valence-electron chi connectivity index (χ1n) is 7.97. The lowest BCUT2D eigenvalue weighted by molar-refractivity contribution is -0.294. The van der Waals surface area contributed by atoms with Crippen LogP contribution in [0.15, 0.2) is 0 Å². The molecule has 0 saturated carbocycles. The summed E-state index contributed by atoms with van der Waals surface area (Å²) in [6.07, 6.45) is -6.34. The standard InChI is InChI=1S/C15H25O11P/c1-8(16)23-12-11(7-27(19,21-5)22-6)26-15(20-4)14(25-10(3)18)13(12)24-9(2)17/h11-15H,7H2,1-6H3/t11-,12-,13+,14-,15+/m1/s1. The van der Waals surface area contributed by atoms with Crippen LogP contribution in [0, 0.1) is 0 Å². The van der Waals surface area contributed by atoms with Crippen molar-refractivity contribution in [1.82, 2.24) is 0 Å². The Labute approximate surface area is 157 Å². The first-order valence-corrected chi connectivity index (χ1v) is 9.70. The Balaban J connectivity index is 3.32. The van der Waals surface area contributed by atoms with Gasteiger partial charge in [-0.1, -0.05) is 0 Å². The van der Waals surface area contributed by atoms with E-state index in [2.05, 4.69) is 0 Å². The van der Waals surface area contributed by atoms with E-state index < -0.39 is 56.2 Å². The van der Waals surface area contributed by atoms with Gasteiger partial charge in [0.1, 0.15) is 6.10 Å². The highest BCUT2D eigenvalue weighted by molar-refractivity contribution is 7.53. The number of esters is 3. The Kier molecular flexibility index (Phi) is 8.83. The molecule has 156 valence electrons. The third-order valence-corrected chi connectivity index (χ3v) is 5.61. The van der Waals surface area contributed by atoms with Gasteiger partial charge in [-0.3, -0.25) is 18.9 Å². The summed E-state index contributed by atoms with van der Waals surface area (Å²) < 4.78 is 48.8. The van der Waals surface area contributed by atoms with Crippen molar-refractivity contribution in [3.8, 4) is 0 Å². The van der Waals surface area contributed by atoms with Crippen molar-refractivity contribution in [3.63, 3.8) is 0 Å². The maximum Gasteiger partial charge on any atom is 0.332 e. The lowest BCUT2D eigenvalue weighted by Gasteiger charge is -2.44. The number of ether oxygens (including phenoxy) is 5. The third-order valence-electron chi connectivity index (χ3n) is 3.69. The first-order chi connectivity index (χ1) is 12.6. The molecule has 27 heavy (non-hydrogen) atoms. The molecular formula is C15H25O11P. The van der Waals surface area contributed by atoms with Gasteiger partial charge in [0.05, 0.1) is 6.16 Å². The minimum absolute atomic E-state index is 0.331. The fraction of sp³-hybridized carbons (Fsp3) is 0.800. The van der Waals surface area contributed by atoms with Crippen molar-refractivity contribution >= 4 is 25.5 Å². The van der Waals surface area contributed by atoms with Crippen molar-refractivity contribution in [2.45, 2.75) is 51.5 Å². The molecule has 11 nitrogen and oxygen atoms in total. The highest BCUT2D eigenvalue weighted by Crippen LogP contribution is 2.49. The molecule has 0 spiro atoms. The van der Waals surface area contributed by atoms with Crippen LogP contribution in [-0.2, 0) is 51.7 Å². The average Bonchev–Trinajstić information content (AvgIpc) is 2.58. The van der Waals surface area contributed by atoms with Gasteiger partial charge < -0.3 is 32.7 Å². The Morgan fingerprint density at radius 2 is 1.26 bits per heavy atom. The largest absolute Gasteiger partial charge is 0.456 e. The molecule has 0 bridgehead atoms. The predicted molar refractivity (Wildman–Crippen MR) is 88.8 cm³/mol. The predicted octanol–water partition coefficient (Wildman–Crippen LogP) is 0.639. The van der Waals surface area contributed by atoms with Gasteiger partial charge in [-0.25, -0.2) is 0 Å². The summed E-state index contributed by atoms with van der Waals surface area (Å²) in [6.45, 7) is 3.42. The van der Waals surface area contributed by atoms with E-state index >= 15 is 0 Å². The van der Waals surface area contributed by atoms with Gasteiger partial charge in [0.25, 0.3) is 0 Å². The molecule has 1 heterocycles. The second-order valence-corrected chi connectivity index (χ2v) is 7.98. The second-order valence-electron chi connectivity index (χ2n) is 5.66. The summed E-state index contributed by atoms with van der Waals surface area (Å²) in [4.78, 5) is 34.6. The Hall–Kier alpha value is -1.52. The molecule has 0 amide bonds. The van der Waals surface area contributed by atoms with E-state index in [1.165, 1.54) is 21.3 Å². The van der Waals surface area contributed by atoms with Gasteiger partial charge in [0.2, 0.25) is 0 Å². The van der Waals surface area contributed by atoms with Gasteiger partial charge in [0.15, 0.2) is 24.6 Å². The molecule has 0 aromatic rings. The molecule has 0 unspecified atom stereocenters. The molecule has 0 aliphatic carbocycles. The topological polar surface area (TPSA) is 133 Å². The zero-order valence-corrected chi connectivity index (χ0v) is 16.9. The molecule has 1 saturated heterocycles. The van der Waals surface area contributed by atoms with Gasteiger partial charge >= 0.3 is 25.5 Å². The van der Waals surface area contributed by atoms with E-state index in [-0.39, 0.29) is 6.16 Å². The first kappa shape index (κ1) is 23.5. The van der Waals surface area contributed by atoms with Crippen LogP contribution in [0.1, 0.15) is 20.8 Å². The quantitative estimate of drug-likeness (QED) is 0.316. The number of hydrogen-bond donors (Lipinski definition) is 0. The van der Waals surface area contributed by atoms with Crippen molar-refractivity contribution in [2.75, 3.05) is 27.5 Å². The SMILES string of the molecule is CO[C@H]1O[C@H](CP(=O)(OC)OC)[C@@H](OC(C)=O)[C@H](OC(C)=O)[C@H]1OC(C)=O. The molecule has 0 radical (unpaired) electrons. The molecule has 0 N–H and O–H groups in total. The van der Waals surface area contributed by atoms with Crippen molar-refractivity contribution < 1.29 is 51.7 Å². The highest BCUT2D eigenvalue weighted by atomic mass is 31.2. The maximum atomic E-state index is 12.5. The molecule has 1 aliphatic heterocycles. The summed E-state index contributed by atoms with van der Waals surface area (Å²) in [6, 6.07) is 0. The van der Waals surface area contributed by atoms with Crippen LogP contribution in [0.4, 0.5) is 0 Å². The Morgan fingerprint density at radius 3 is 1.67 bits per heavy atom. The van der Waals surface area contributed by atoms with E-state index in [0.29, 0.717) is 0 Å². The number of rotatable bonds is 8. The van der Waals surface area contributed by atoms with Gasteiger partial charge in [-0.15, -0.1) is 0 Å². The third kappa shape index (κ3) is 6.54. The minimum atomic E-state index is -3.60. The lowest BCUT2D eigenvalue weighted by atomic mass is 9.98. The number of methoxy groups -OCH3 is 1. The van der Waals surface area contributed by atoms with Crippen molar-refractivity contribution in [1.29, 1.82) is 0 Å². The van der Waals surface area contributed by atoms with E-state index in [0.717, 1.165) is 20.8 Å². The van der Waals surface area contributed by atoms with Crippen molar-refractivity contribution in [3.05, 3.63) is 0 Å². The molecule has 1 rings (SSSR count). The molecule has 0 aromatic heterocycles. The smallest absolute Gasteiger partial charge is 0.332 e. The maximum absolute atomic E-state index is 12.5. The number of hydrogen-bond acceptors (Lipinski definition) is 11. The zero-order valence-electron chi connectivity index (χ0n) is 16.0. The van der Waals surface area contributed by atoms with Gasteiger partial charge in [-0.05, 0) is 0 Å². The molecule has 12 heteroatoms. The summed E-state index contributed by atoms with van der Waals surface area (Å²) in [5.74, 6) is -2.12. The van der Waals surface area contributed by atoms with Gasteiger partial charge in [0, 0.05) is 42.1 Å². The summed E-state index contributed by atoms with van der Waals surface area (Å²) in [7, 11) is 0.0586. The number of carbonyl (C=O) groups is 3. The fourth-order valence-corrected chi connectivity index (χ4v) is 3.82.